The van der Waals surface area contributed by atoms with Crippen molar-refractivity contribution >= 4 is 5.97 Å². The van der Waals surface area contributed by atoms with Gasteiger partial charge in [-0.05, 0) is 42.0 Å². The van der Waals surface area contributed by atoms with Gasteiger partial charge in [0.1, 0.15) is 0 Å². The number of unbranched alkanes of at least 4 members (excludes halogenated alkanes) is 3. The Morgan fingerprint density at radius 2 is 1.68 bits per heavy atom. The van der Waals surface area contributed by atoms with E-state index in [0.717, 1.165) is 67.6 Å². The molecule has 0 atom stereocenters. The number of nitrogens with zero attached hydrogens (tertiary/aromatic N) is 1. The number of aryl methyl sites for hydroxylation is 1. The van der Waals surface area contributed by atoms with Crippen LogP contribution in [0.3, 0.4) is 0 Å². The molecule has 0 saturated heterocycles. The van der Waals surface area contributed by atoms with Crippen molar-refractivity contribution in [1.82, 2.24) is 9.55 Å². The second-order valence-corrected chi connectivity index (χ2v) is 8.04. The lowest BCUT2D eigenvalue weighted by Gasteiger charge is -2.11. The Morgan fingerprint density at radius 3 is 2.35 bits per heavy atom. The highest BCUT2D eigenvalue weighted by atomic mass is 16.4. The largest absolute Gasteiger partial charge is 0.478 e. The molecule has 0 amide bonds. The number of aromatic carboxylic acids is 1. The van der Waals surface area contributed by atoms with Gasteiger partial charge in [0, 0.05) is 24.4 Å². The zero-order valence-corrected chi connectivity index (χ0v) is 18.5. The van der Waals surface area contributed by atoms with Gasteiger partial charge < -0.3 is 10.1 Å². The maximum absolute atomic E-state index is 12.6. The molecule has 0 spiro atoms. The fourth-order valence-electron chi connectivity index (χ4n) is 3.98. The normalized spacial score (nSPS) is 11.0. The van der Waals surface area contributed by atoms with E-state index in [-0.39, 0.29) is 5.69 Å². The molecule has 31 heavy (non-hydrogen) atoms. The number of hydrogen-bond acceptors (Lipinski definition) is 2. The number of aromatic nitrogens is 2. The molecule has 0 aliphatic carbocycles. The van der Waals surface area contributed by atoms with E-state index in [1.54, 1.807) is 12.1 Å². The Balaban J connectivity index is 1.88. The van der Waals surface area contributed by atoms with Gasteiger partial charge in [0.05, 0.1) is 5.56 Å². The molecule has 2 aromatic carbocycles. The molecule has 5 nitrogen and oxygen atoms in total. The Labute approximate surface area is 183 Å². The van der Waals surface area contributed by atoms with Crippen LogP contribution in [0.1, 0.15) is 73.3 Å². The first kappa shape index (κ1) is 22.6. The predicted octanol–water partition coefficient (Wildman–Crippen LogP) is 5.67. The van der Waals surface area contributed by atoms with E-state index < -0.39 is 5.97 Å². The van der Waals surface area contributed by atoms with Crippen molar-refractivity contribution in [3.05, 3.63) is 81.5 Å². The van der Waals surface area contributed by atoms with Gasteiger partial charge in [0.2, 0.25) is 0 Å². The van der Waals surface area contributed by atoms with E-state index in [2.05, 4.69) is 18.8 Å². The lowest BCUT2D eigenvalue weighted by molar-refractivity contribution is 0.0697. The lowest BCUT2D eigenvalue weighted by Crippen LogP contribution is -2.19. The molecule has 0 fully saturated rings. The Morgan fingerprint density at radius 1 is 0.968 bits per heavy atom. The molecule has 2 N–H and O–H groups in total. The van der Waals surface area contributed by atoms with Gasteiger partial charge in [-0.25, -0.2) is 9.59 Å². The highest BCUT2D eigenvalue weighted by Gasteiger charge is 2.15. The number of H-pyrrole nitrogens is 1. The summed E-state index contributed by atoms with van der Waals surface area (Å²) in [5.74, 6) is -0.927. The second-order valence-electron chi connectivity index (χ2n) is 8.04. The van der Waals surface area contributed by atoms with Crippen LogP contribution >= 0.6 is 0 Å². The van der Waals surface area contributed by atoms with E-state index in [1.807, 2.05) is 41.0 Å². The van der Waals surface area contributed by atoms with Crippen molar-refractivity contribution in [2.75, 3.05) is 0 Å². The van der Waals surface area contributed by atoms with Gasteiger partial charge in [0.25, 0.3) is 0 Å². The minimum atomic E-state index is -0.927. The number of hydrogen-bond donors (Lipinski definition) is 2. The summed E-state index contributed by atoms with van der Waals surface area (Å²) < 4.78 is 1.90. The zero-order chi connectivity index (χ0) is 22.2. The predicted molar refractivity (Wildman–Crippen MR) is 125 cm³/mol. The molecule has 0 radical (unpaired) electrons. The minimum Gasteiger partial charge on any atom is -0.478 e. The van der Waals surface area contributed by atoms with Gasteiger partial charge in [0.15, 0.2) is 0 Å². The number of carboxylic acids is 1. The van der Waals surface area contributed by atoms with Crippen LogP contribution in [-0.2, 0) is 19.4 Å². The summed E-state index contributed by atoms with van der Waals surface area (Å²) in [5, 5.41) is 9.46. The third-order valence-electron chi connectivity index (χ3n) is 5.74. The fraction of sp³-hybridized carbons (Fsp3) is 0.385. The van der Waals surface area contributed by atoms with Crippen molar-refractivity contribution in [2.45, 2.75) is 65.3 Å². The maximum Gasteiger partial charge on any atom is 0.336 e. The van der Waals surface area contributed by atoms with Crippen molar-refractivity contribution in [3.63, 3.8) is 0 Å². The third-order valence-corrected chi connectivity index (χ3v) is 5.74. The number of benzene rings is 2. The molecule has 0 aliphatic rings. The van der Waals surface area contributed by atoms with E-state index in [4.69, 9.17) is 0 Å². The molecular formula is C26H32N2O3. The SMILES string of the molecule is CCCCCc1[nH]c(=O)n(CCCC)c1Cc1ccc(-c2ccccc2C(=O)O)cc1. The van der Waals surface area contributed by atoms with Crippen LogP contribution in [0.15, 0.2) is 53.3 Å². The summed E-state index contributed by atoms with van der Waals surface area (Å²) in [6.45, 7) is 5.05. The van der Waals surface area contributed by atoms with Gasteiger partial charge >= 0.3 is 11.7 Å². The van der Waals surface area contributed by atoms with E-state index in [1.165, 1.54) is 0 Å². The molecule has 3 aromatic rings. The highest BCUT2D eigenvalue weighted by molar-refractivity contribution is 5.95. The first-order valence-electron chi connectivity index (χ1n) is 11.3. The molecule has 0 unspecified atom stereocenters. The Kier molecular flexibility index (Phi) is 7.88. The number of rotatable bonds is 11. The Bertz CT molecular complexity index is 1060. The van der Waals surface area contributed by atoms with Crippen molar-refractivity contribution in [1.29, 1.82) is 0 Å². The van der Waals surface area contributed by atoms with Crippen molar-refractivity contribution < 1.29 is 9.90 Å². The van der Waals surface area contributed by atoms with Crippen LogP contribution in [0.4, 0.5) is 0 Å². The fourth-order valence-corrected chi connectivity index (χ4v) is 3.98. The van der Waals surface area contributed by atoms with Crippen molar-refractivity contribution in [2.24, 2.45) is 0 Å². The first-order chi connectivity index (χ1) is 15.0. The van der Waals surface area contributed by atoms with Gasteiger partial charge in [-0.1, -0.05) is 75.6 Å². The second kappa shape index (κ2) is 10.8. The number of carbonyl (C=O) groups is 1. The van der Waals surface area contributed by atoms with E-state index in [0.29, 0.717) is 17.5 Å². The van der Waals surface area contributed by atoms with Gasteiger partial charge in [-0.15, -0.1) is 0 Å². The summed E-state index contributed by atoms with van der Waals surface area (Å²) in [6.07, 6.45) is 6.97. The zero-order valence-electron chi connectivity index (χ0n) is 18.5. The molecule has 0 bridgehead atoms. The van der Waals surface area contributed by atoms with Gasteiger partial charge in [-0.3, -0.25) is 4.57 Å². The number of nitrogens with one attached hydrogen (secondary N) is 1. The number of carboxylic acid groups (broad SMARTS) is 1. The maximum atomic E-state index is 12.6. The highest BCUT2D eigenvalue weighted by Crippen LogP contribution is 2.25. The molecule has 1 aromatic heterocycles. The molecule has 1 heterocycles. The lowest BCUT2D eigenvalue weighted by atomic mass is 9.97. The van der Waals surface area contributed by atoms with Crippen molar-refractivity contribution in [3.8, 4) is 11.1 Å². The topological polar surface area (TPSA) is 75.1 Å². The van der Waals surface area contributed by atoms with Crippen LogP contribution in [-0.4, -0.2) is 20.6 Å². The number of aromatic amines is 1. The molecule has 3 rings (SSSR count). The minimum absolute atomic E-state index is 0.0121. The Hall–Kier alpha value is -3.08. The standard InChI is InChI=1S/C26H32N2O3/c1-3-5-7-12-23-24(28(17-6-4-2)26(31)27-23)18-19-13-15-20(16-14-19)21-10-8-9-11-22(21)25(29)30/h8-11,13-16H,3-7,12,17-18H2,1-2H3,(H,27,31)(H,29,30). The van der Waals surface area contributed by atoms with E-state index in [9.17, 15) is 14.7 Å². The molecular weight excluding hydrogens is 388 g/mol. The van der Waals surface area contributed by atoms with E-state index >= 15 is 0 Å². The van der Waals surface area contributed by atoms with Crippen LogP contribution in [0.25, 0.3) is 11.1 Å². The van der Waals surface area contributed by atoms with Gasteiger partial charge in [-0.2, -0.15) is 0 Å². The molecule has 5 heteroatoms. The molecule has 0 saturated carbocycles. The summed E-state index contributed by atoms with van der Waals surface area (Å²) >= 11 is 0. The first-order valence-corrected chi connectivity index (χ1v) is 11.3. The summed E-state index contributed by atoms with van der Waals surface area (Å²) in [4.78, 5) is 27.2. The average Bonchev–Trinajstić information content (AvgIpc) is 3.07. The summed E-state index contributed by atoms with van der Waals surface area (Å²) in [5.41, 5.74) is 5.11. The molecule has 0 aliphatic heterocycles. The van der Waals surface area contributed by atoms with Crippen LogP contribution in [0.5, 0.6) is 0 Å². The smallest absolute Gasteiger partial charge is 0.336 e. The average molecular weight is 421 g/mol. The third kappa shape index (κ3) is 5.54. The molecule has 164 valence electrons. The quantitative estimate of drug-likeness (QED) is 0.393. The number of imidazole rings is 1. The van der Waals surface area contributed by atoms with Crippen LogP contribution in [0, 0.1) is 0 Å². The van der Waals surface area contributed by atoms with Crippen LogP contribution < -0.4 is 5.69 Å². The summed E-state index contributed by atoms with van der Waals surface area (Å²) in [6, 6.07) is 15.0. The summed E-state index contributed by atoms with van der Waals surface area (Å²) in [7, 11) is 0. The van der Waals surface area contributed by atoms with Crippen LogP contribution in [0.2, 0.25) is 0 Å². The monoisotopic (exact) mass is 420 g/mol.